The van der Waals surface area contributed by atoms with E-state index < -0.39 is 0 Å². The van der Waals surface area contributed by atoms with Crippen molar-refractivity contribution in [3.63, 3.8) is 0 Å². The molecule has 1 aliphatic heterocycles. The molecule has 21 heavy (non-hydrogen) atoms. The fourth-order valence-corrected chi connectivity index (χ4v) is 3.73. The summed E-state index contributed by atoms with van der Waals surface area (Å²) >= 11 is 0. The Bertz CT molecular complexity index is 385. The molecule has 1 heterocycles. The number of rotatable bonds is 5. The number of hydrogen-bond donors (Lipinski definition) is 1. The van der Waals surface area contributed by atoms with Gasteiger partial charge < -0.3 is 10.1 Å². The highest BCUT2D eigenvalue weighted by Crippen LogP contribution is 2.46. The van der Waals surface area contributed by atoms with Crippen LogP contribution in [0.2, 0.25) is 0 Å². The van der Waals surface area contributed by atoms with Crippen LogP contribution in [-0.4, -0.2) is 41.8 Å². The lowest BCUT2D eigenvalue weighted by Crippen LogP contribution is -2.68. The summed E-state index contributed by atoms with van der Waals surface area (Å²) in [7, 11) is 1.61. The van der Waals surface area contributed by atoms with Gasteiger partial charge in [0.15, 0.2) is 0 Å². The van der Waals surface area contributed by atoms with Crippen molar-refractivity contribution in [3.8, 4) is 0 Å². The standard InChI is InChI=1S/C17H32N2O2/c1-8-11-19-16(5,9-2)12-14(21-15(20)18-7)13(4)17(19,6)10-3/h8,13-14H,1,9-12H2,2-7H3,(H,18,20). The van der Waals surface area contributed by atoms with Crippen LogP contribution in [0.3, 0.4) is 0 Å². The molecule has 1 fully saturated rings. The number of carbonyl (C=O) groups excluding carboxylic acids is 1. The summed E-state index contributed by atoms with van der Waals surface area (Å²) in [6.45, 7) is 16.0. The first-order valence-corrected chi connectivity index (χ1v) is 8.06. The third-order valence-electron chi connectivity index (χ3n) is 5.70. The van der Waals surface area contributed by atoms with E-state index in [-0.39, 0.29) is 29.2 Å². The summed E-state index contributed by atoms with van der Waals surface area (Å²) in [6, 6.07) is 0. The SMILES string of the molecule is C=CCN1C(C)(CC)CC(OC(=O)NC)C(C)C1(C)CC. The molecule has 4 nitrogen and oxygen atoms in total. The zero-order chi connectivity index (χ0) is 16.3. The summed E-state index contributed by atoms with van der Waals surface area (Å²) in [6.07, 6.45) is 4.50. The zero-order valence-electron chi connectivity index (χ0n) is 14.5. The molecule has 0 radical (unpaired) electrons. The van der Waals surface area contributed by atoms with Crippen molar-refractivity contribution < 1.29 is 9.53 Å². The van der Waals surface area contributed by atoms with Gasteiger partial charge in [0.25, 0.3) is 0 Å². The minimum Gasteiger partial charge on any atom is -0.446 e. The third kappa shape index (κ3) is 3.25. The highest BCUT2D eigenvalue weighted by Gasteiger charge is 2.53. The van der Waals surface area contributed by atoms with Gasteiger partial charge in [-0.3, -0.25) is 4.90 Å². The molecule has 0 saturated carbocycles. The Morgan fingerprint density at radius 2 is 2.05 bits per heavy atom. The van der Waals surface area contributed by atoms with E-state index in [9.17, 15) is 4.79 Å². The van der Waals surface area contributed by atoms with Crippen molar-refractivity contribution in [1.82, 2.24) is 10.2 Å². The van der Waals surface area contributed by atoms with Crippen LogP contribution >= 0.6 is 0 Å². The number of hydrogen-bond acceptors (Lipinski definition) is 3. The summed E-state index contributed by atoms with van der Waals surface area (Å²) in [5, 5.41) is 2.57. The quantitative estimate of drug-likeness (QED) is 0.789. The number of ether oxygens (including phenoxy) is 1. The monoisotopic (exact) mass is 296 g/mol. The predicted octanol–water partition coefficient (Wildman–Crippen LogP) is 3.58. The van der Waals surface area contributed by atoms with Crippen molar-refractivity contribution >= 4 is 6.09 Å². The van der Waals surface area contributed by atoms with Crippen molar-refractivity contribution in [2.75, 3.05) is 13.6 Å². The molecule has 1 saturated heterocycles. The molecule has 4 atom stereocenters. The van der Waals surface area contributed by atoms with E-state index >= 15 is 0 Å². The molecule has 0 spiro atoms. The van der Waals surface area contributed by atoms with E-state index in [0.29, 0.717) is 0 Å². The van der Waals surface area contributed by atoms with Crippen molar-refractivity contribution in [2.24, 2.45) is 5.92 Å². The van der Waals surface area contributed by atoms with E-state index in [4.69, 9.17) is 4.74 Å². The van der Waals surface area contributed by atoms with Crippen LogP contribution in [0.15, 0.2) is 12.7 Å². The van der Waals surface area contributed by atoms with Gasteiger partial charge in [-0.2, -0.15) is 0 Å². The lowest BCUT2D eigenvalue weighted by molar-refractivity contribution is -0.131. The van der Waals surface area contributed by atoms with Gasteiger partial charge in [-0.15, -0.1) is 6.58 Å². The van der Waals surface area contributed by atoms with Crippen LogP contribution in [0.4, 0.5) is 4.79 Å². The molecule has 0 aromatic rings. The fraction of sp³-hybridized carbons (Fsp3) is 0.824. The Kier molecular flexibility index (Phi) is 5.85. The van der Waals surface area contributed by atoms with Gasteiger partial charge in [-0.05, 0) is 26.7 Å². The smallest absolute Gasteiger partial charge is 0.407 e. The molecule has 0 aliphatic carbocycles. The topological polar surface area (TPSA) is 41.6 Å². The maximum absolute atomic E-state index is 11.7. The van der Waals surface area contributed by atoms with Crippen LogP contribution in [0.5, 0.6) is 0 Å². The van der Waals surface area contributed by atoms with Gasteiger partial charge in [0.2, 0.25) is 0 Å². The van der Waals surface area contributed by atoms with Crippen LogP contribution in [0.1, 0.15) is 53.9 Å². The minimum absolute atomic E-state index is 0.00408. The summed E-state index contributed by atoms with van der Waals surface area (Å²) < 4.78 is 5.67. The zero-order valence-corrected chi connectivity index (χ0v) is 14.5. The summed E-state index contributed by atoms with van der Waals surface area (Å²) in [5.41, 5.74) is 0.0139. The van der Waals surface area contributed by atoms with Crippen LogP contribution in [0, 0.1) is 5.92 Å². The fourth-order valence-electron chi connectivity index (χ4n) is 3.73. The maximum Gasteiger partial charge on any atom is 0.407 e. The summed E-state index contributed by atoms with van der Waals surface area (Å²) in [4.78, 5) is 14.2. The molecule has 1 aliphatic rings. The Hall–Kier alpha value is -1.03. The molecular formula is C17H32N2O2. The number of amides is 1. The van der Waals surface area contributed by atoms with Gasteiger partial charge in [-0.1, -0.05) is 26.8 Å². The molecule has 4 unspecified atom stereocenters. The first-order chi connectivity index (χ1) is 9.78. The lowest BCUT2D eigenvalue weighted by Gasteiger charge is -2.60. The second-order valence-corrected chi connectivity index (χ2v) is 6.65. The van der Waals surface area contributed by atoms with Crippen molar-refractivity contribution in [1.29, 1.82) is 0 Å². The Labute approximate surface area is 129 Å². The Morgan fingerprint density at radius 1 is 1.43 bits per heavy atom. The van der Waals surface area contributed by atoms with Crippen molar-refractivity contribution in [2.45, 2.75) is 71.1 Å². The molecule has 0 bridgehead atoms. The molecule has 0 aromatic heterocycles. The van der Waals surface area contributed by atoms with E-state index in [1.54, 1.807) is 7.05 Å². The molecular weight excluding hydrogens is 264 g/mol. The van der Waals surface area contributed by atoms with E-state index in [2.05, 4.69) is 51.4 Å². The highest BCUT2D eigenvalue weighted by molar-refractivity contribution is 5.66. The van der Waals surface area contributed by atoms with E-state index in [1.165, 1.54) is 0 Å². The number of carbonyl (C=O) groups is 1. The van der Waals surface area contributed by atoms with Gasteiger partial charge in [0, 0.05) is 37.0 Å². The maximum atomic E-state index is 11.7. The second kappa shape index (κ2) is 6.82. The number of nitrogens with one attached hydrogen (secondary N) is 1. The molecule has 1 amide bonds. The highest BCUT2D eigenvalue weighted by atomic mass is 16.6. The van der Waals surface area contributed by atoms with Gasteiger partial charge >= 0.3 is 6.09 Å². The van der Waals surface area contributed by atoms with Gasteiger partial charge in [0.1, 0.15) is 6.10 Å². The number of likely N-dealkylation sites (tertiary alicyclic amines) is 1. The normalized spacial score (nSPS) is 37.0. The molecule has 1 rings (SSSR count). The largest absolute Gasteiger partial charge is 0.446 e. The average Bonchev–Trinajstić information content (AvgIpc) is 2.48. The predicted molar refractivity (Wildman–Crippen MR) is 87.4 cm³/mol. The number of alkyl carbamates (subject to hydrolysis) is 1. The minimum atomic E-state index is -0.332. The van der Waals surface area contributed by atoms with E-state index in [0.717, 1.165) is 25.8 Å². The van der Waals surface area contributed by atoms with Crippen LogP contribution in [-0.2, 0) is 4.74 Å². The third-order valence-corrected chi connectivity index (χ3v) is 5.70. The Balaban J connectivity index is 3.17. The molecule has 122 valence electrons. The number of nitrogens with zero attached hydrogens (tertiary/aromatic N) is 1. The van der Waals surface area contributed by atoms with Gasteiger partial charge in [-0.25, -0.2) is 4.79 Å². The second-order valence-electron chi connectivity index (χ2n) is 6.65. The van der Waals surface area contributed by atoms with Crippen LogP contribution < -0.4 is 5.32 Å². The first-order valence-electron chi connectivity index (χ1n) is 8.06. The number of piperidine rings is 1. The van der Waals surface area contributed by atoms with Crippen LogP contribution in [0.25, 0.3) is 0 Å². The molecule has 1 N–H and O–H groups in total. The van der Waals surface area contributed by atoms with E-state index in [1.807, 2.05) is 6.08 Å². The van der Waals surface area contributed by atoms with Crippen molar-refractivity contribution in [3.05, 3.63) is 12.7 Å². The first kappa shape index (κ1) is 18.0. The van der Waals surface area contributed by atoms with Gasteiger partial charge in [0.05, 0.1) is 0 Å². The average molecular weight is 296 g/mol. The molecule has 4 heteroatoms. The summed E-state index contributed by atoms with van der Waals surface area (Å²) in [5.74, 6) is 0.277. The Morgan fingerprint density at radius 3 is 2.48 bits per heavy atom. The molecule has 0 aromatic carbocycles. The lowest BCUT2D eigenvalue weighted by atomic mass is 9.68.